The van der Waals surface area contributed by atoms with E-state index < -0.39 is 0 Å². The zero-order valence-electron chi connectivity index (χ0n) is 10.8. The van der Waals surface area contributed by atoms with Crippen molar-refractivity contribution in [3.05, 3.63) is 35.9 Å². The number of aromatic nitrogens is 2. The number of carbonyl (C=O) groups is 1. The molecule has 1 aliphatic carbocycles. The third kappa shape index (κ3) is 2.68. The predicted molar refractivity (Wildman–Crippen MR) is 68.9 cm³/mol. The van der Waals surface area contributed by atoms with E-state index in [1.165, 1.54) is 12.1 Å². The van der Waals surface area contributed by atoms with E-state index in [0.717, 1.165) is 19.3 Å². The summed E-state index contributed by atoms with van der Waals surface area (Å²) in [5.41, 5.74) is 0.649. The van der Waals surface area contributed by atoms with Gasteiger partial charge in [-0.2, -0.15) is 4.98 Å². The number of hydrogen-bond acceptors (Lipinski definition) is 4. The third-order valence-corrected chi connectivity index (χ3v) is 3.46. The van der Waals surface area contributed by atoms with Gasteiger partial charge in [-0.1, -0.05) is 11.6 Å². The lowest BCUT2D eigenvalue weighted by molar-refractivity contribution is -0.127. The lowest BCUT2D eigenvalue weighted by atomic mass is 9.85. The number of halogens is 1. The molecule has 1 amide bonds. The van der Waals surface area contributed by atoms with Crippen LogP contribution in [0.2, 0.25) is 0 Å². The number of rotatable bonds is 4. The maximum absolute atomic E-state index is 12.8. The molecule has 1 fully saturated rings. The Labute approximate surface area is 115 Å². The van der Waals surface area contributed by atoms with Crippen LogP contribution < -0.4 is 5.32 Å². The van der Waals surface area contributed by atoms with Gasteiger partial charge in [0.1, 0.15) is 5.82 Å². The molecule has 3 rings (SSSR count). The molecule has 1 saturated carbocycles. The van der Waals surface area contributed by atoms with Crippen molar-refractivity contribution in [3.8, 4) is 11.5 Å². The topological polar surface area (TPSA) is 68.0 Å². The summed E-state index contributed by atoms with van der Waals surface area (Å²) in [6.07, 6.45) is 3.03. The molecular formula is C14H14FN3O2. The molecule has 0 aliphatic heterocycles. The first-order chi connectivity index (χ1) is 9.72. The van der Waals surface area contributed by atoms with Crippen LogP contribution in [0.25, 0.3) is 11.5 Å². The van der Waals surface area contributed by atoms with Gasteiger partial charge in [-0.05, 0) is 37.1 Å². The van der Waals surface area contributed by atoms with Crippen molar-refractivity contribution in [1.29, 1.82) is 0 Å². The summed E-state index contributed by atoms with van der Waals surface area (Å²) >= 11 is 0. The van der Waals surface area contributed by atoms with Crippen LogP contribution in [0.4, 0.5) is 4.39 Å². The highest BCUT2D eigenvalue weighted by atomic mass is 19.1. The summed E-state index contributed by atoms with van der Waals surface area (Å²) in [6.45, 7) is 0.250. The van der Waals surface area contributed by atoms with Crippen LogP contribution in [0, 0.1) is 11.7 Å². The second-order valence-corrected chi connectivity index (χ2v) is 4.87. The van der Waals surface area contributed by atoms with E-state index in [9.17, 15) is 9.18 Å². The molecule has 0 radical (unpaired) electrons. The fourth-order valence-corrected chi connectivity index (χ4v) is 2.02. The number of nitrogens with zero attached hydrogens (tertiary/aromatic N) is 2. The molecule has 5 nitrogen and oxygen atoms in total. The number of nitrogens with one attached hydrogen (secondary N) is 1. The Morgan fingerprint density at radius 2 is 2.10 bits per heavy atom. The molecule has 0 saturated heterocycles. The molecule has 1 aromatic heterocycles. The second kappa shape index (κ2) is 5.40. The van der Waals surface area contributed by atoms with E-state index >= 15 is 0 Å². The molecule has 0 atom stereocenters. The van der Waals surface area contributed by atoms with E-state index in [2.05, 4.69) is 15.5 Å². The highest BCUT2D eigenvalue weighted by Gasteiger charge is 2.25. The van der Waals surface area contributed by atoms with Crippen LogP contribution in [0.1, 0.15) is 25.1 Å². The average molecular weight is 275 g/mol. The lowest BCUT2D eigenvalue weighted by Gasteiger charge is -2.23. The highest BCUT2D eigenvalue weighted by molar-refractivity contribution is 5.79. The van der Waals surface area contributed by atoms with Crippen LogP contribution in [0.5, 0.6) is 0 Å². The van der Waals surface area contributed by atoms with Gasteiger partial charge in [-0.25, -0.2) is 4.39 Å². The number of carbonyl (C=O) groups excluding carboxylic acids is 1. The van der Waals surface area contributed by atoms with Crippen LogP contribution >= 0.6 is 0 Å². The van der Waals surface area contributed by atoms with Crippen molar-refractivity contribution in [2.45, 2.75) is 25.8 Å². The van der Waals surface area contributed by atoms with Crippen molar-refractivity contribution in [1.82, 2.24) is 15.5 Å². The van der Waals surface area contributed by atoms with E-state index in [0.29, 0.717) is 17.3 Å². The molecule has 0 spiro atoms. The fraction of sp³-hybridized carbons (Fsp3) is 0.357. The molecule has 2 aromatic rings. The van der Waals surface area contributed by atoms with Gasteiger partial charge in [0.15, 0.2) is 5.82 Å². The van der Waals surface area contributed by atoms with Gasteiger partial charge < -0.3 is 9.84 Å². The summed E-state index contributed by atoms with van der Waals surface area (Å²) in [6, 6.07) is 5.80. The van der Waals surface area contributed by atoms with Crippen molar-refractivity contribution in [2.24, 2.45) is 5.92 Å². The second-order valence-electron chi connectivity index (χ2n) is 4.87. The number of hydrogen-bond donors (Lipinski definition) is 1. The average Bonchev–Trinajstić information content (AvgIpc) is 2.84. The van der Waals surface area contributed by atoms with Gasteiger partial charge in [-0.3, -0.25) is 4.79 Å². The summed E-state index contributed by atoms with van der Waals surface area (Å²) in [4.78, 5) is 15.8. The van der Waals surface area contributed by atoms with Crippen molar-refractivity contribution in [3.63, 3.8) is 0 Å². The maximum atomic E-state index is 12.8. The minimum atomic E-state index is -0.318. The smallest absolute Gasteiger partial charge is 0.257 e. The number of benzene rings is 1. The molecule has 1 aliphatic rings. The maximum Gasteiger partial charge on any atom is 0.257 e. The third-order valence-electron chi connectivity index (χ3n) is 3.46. The predicted octanol–water partition coefficient (Wildman–Crippen LogP) is 2.29. The summed E-state index contributed by atoms with van der Waals surface area (Å²) in [7, 11) is 0. The number of amides is 1. The fourth-order valence-electron chi connectivity index (χ4n) is 2.02. The minimum Gasteiger partial charge on any atom is -0.348 e. The molecule has 104 valence electrons. The SMILES string of the molecule is O=C(NCc1noc(-c2ccc(F)cc2)n1)C1CCC1. The van der Waals surface area contributed by atoms with Crippen molar-refractivity contribution in [2.75, 3.05) is 0 Å². The molecule has 1 heterocycles. The lowest BCUT2D eigenvalue weighted by Crippen LogP contribution is -2.34. The Bertz CT molecular complexity index is 605. The Morgan fingerprint density at radius 1 is 1.35 bits per heavy atom. The van der Waals surface area contributed by atoms with E-state index in [1.54, 1.807) is 12.1 Å². The largest absolute Gasteiger partial charge is 0.348 e. The van der Waals surface area contributed by atoms with Crippen molar-refractivity contribution >= 4 is 5.91 Å². The molecule has 20 heavy (non-hydrogen) atoms. The zero-order chi connectivity index (χ0) is 13.9. The zero-order valence-corrected chi connectivity index (χ0v) is 10.8. The summed E-state index contributed by atoms with van der Waals surface area (Å²) in [5.74, 6) is 0.596. The highest BCUT2D eigenvalue weighted by Crippen LogP contribution is 2.26. The van der Waals surface area contributed by atoms with Gasteiger partial charge in [0.25, 0.3) is 5.89 Å². The summed E-state index contributed by atoms with van der Waals surface area (Å²) in [5, 5.41) is 6.59. The first-order valence-corrected chi connectivity index (χ1v) is 6.58. The van der Waals surface area contributed by atoms with Crippen LogP contribution in [-0.2, 0) is 11.3 Å². The Kier molecular flexibility index (Phi) is 3.45. The van der Waals surface area contributed by atoms with Crippen LogP contribution in [-0.4, -0.2) is 16.0 Å². The molecule has 6 heteroatoms. The van der Waals surface area contributed by atoms with Gasteiger partial charge in [0.05, 0.1) is 6.54 Å². The Hall–Kier alpha value is -2.24. The first kappa shape index (κ1) is 12.8. The van der Waals surface area contributed by atoms with E-state index in [4.69, 9.17) is 4.52 Å². The van der Waals surface area contributed by atoms with E-state index in [-0.39, 0.29) is 24.2 Å². The van der Waals surface area contributed by atoms with Crippen LogP contribution in [0.15, 0.2) is 28.8 Å². The monoisotopic (exact) mass is 275 g/mol. The van der Waals surface area contributed by atoms with E-state index in [1.807, 2.05) is 0 Å². The van der Waals surface area contributed by atoms with Crippen molar-refractivity contribution < 1.29 is 13.7 Å². The van der Waals surface area contributed by atoms with Gasteiger partial charge in [0.2, 0.25) is 5.91 Å². The molecule has 0 bridgehead atoms. The van der Waals surface area contributed by atoms with Gasteiger partial charge >= 0.3 is 0 Å². The molecule has 1 aromatic carbocycles. The Balaban J connectivity index is 1.61. The normalized spacial score (nSPS) is 14.8. The van der Waals surface area contributed by atoms with Crippen LogP contribution in [0.3, 0.4) is 0 Å². The first-order valence-electron chi connectivity index (χ1n) is 6.58. The van der Waals surface area contributed by atoms with Gasteiger partial charge in [0, 0.05) is 11.5 Å². The minimum absolute atomic E-state index is 0.0457. The quantitative estimate of drug-likeness (QED) is 0.929. The molecule has 1 N–H and O–H groups in total. The molecule has 0 unspecified atom stereocenters. The standard InChI is InChI=1S/C14H14FN3O2/c15-11-6-4-10(5-7-11)14-17-12(18-20-14)8-16-13(19)9-2-1-3-9/h4-7,9H,1-3,8H2,(H,16,19). The van der Waals surface area contributed by atoms with Gasteiger partial charge in [-0.15, -0.1) is 0 Å². The Morgan fingerprint density at radius 3 is 2.75 bits per heavy atom. The molecular weight excluding hydrogens is 261 g/mol. The summed E-state index contributed by atoms with van der Waals surface area (Å²) < 4.78 is 17.9.